The van der Waals surface area contributed by atoms with Gasteiger partial charge < -0.3 is 15.0 Å². The van der Waals surface area contributed by atoms with Crippen molar-refractivity contribution in [1.82, 2.24) is 19.9 Å². The SMILES string of the molecule is COC(=O)c1nccc2c(S(=O)(=O)NCCCN3CCNCC3)cccc12.Cl.Cl. The van der Waals surface area contributed by atoms with Gasteiger partial charge >= 0.3 is 5.97 Å². The molecule has 2 N–H and O–H groups in total. The lowest BCUT2D eigenvalue weighted by atomic mass is 10.1. The minimum Gasteiger partial charge on any atom is -0.464 e. The van der Waals surface area contributed by atoms with Crippen molar-refractivity contribution in [1.29, 1.82) is 0 Å². The van der Waals surface area contributed by atoms with Gasteiger partial charge in [0.1, 0.15) is 0 Å². The van der Waals surface area contributed by atoms with E-state index in [1.54, 1.807) is 18.2 Å². The number of nitrogens with zero attached hydrogens (tertiary/aromatic N) is 2. The van der Waals surface area contributed by atoms with E-state index in [4.69, 9.17) is 4.74 Å². The molecule has 1 fully saturated rings. The fraction of sp³-hybridized carbons (Fsp3) is 0.444. The minimum atomic E-state index is -3.70. The van der Waals surface area contributed by atoms with Gasteiger partial charge in [-0.05, 0) is 25.1 Å². The molecule has 0 amide bonds. The van der Waals surface area contributed by atoms with E-state index in [-0.39, 0.29) is 35.4 Å². The first-order valence-corrected chi connectivity index (χ1v) is 10.4. The number of rotatable bonds is 7. The van der Waals surface area contributed by atoms with Crippen LogP contribution in [0.15, 0.2) is 35.4 Å². The summed E-state index contributed by atoms with van der Waals surface area (Å²) in [6.07, 6.45) is 2.15. The average Bonchev–Trinajstić information content (AvgIpc) is 2.70. The molecule has 0 saturated carbocycles. The van der Waals surface area contributed by atoms with Crippen molar-refractivity contribution in [2.75, 3.05) is 46.4 Å². The highest BCUT2D eigenvalue weighted by atomic mass is 35.5. The molecule has 0 aliphatic carbocycles. The molecule has 1 aromatic heterocycles. The van der Waals surface area contributed by atoms with Crippen molar-refractivity contribution in [3.63, 3.8) is 0 Å². The van der Waals surface area contributed by atoms with Gasteiger partial charge in [0.15, 0.2) is 5.69 Å². The Morgan fingerprint density at radius 1 is 1.21 bits per heavy atom. The van der Waals surface area contributed by atoms with Crippen LogP contribution in [-0.4, -0.2) is 70.6 Å². The number of aromatic nitrogens is 1. The fourth-order valence-electron chi connectivity index (χ4n) is 3.19. The predicted molar refractivity (Wildman–Crippen MR) is 117 cm³/mol. The Hall–Kier alpha value is -1.49. The Bertz CT molecular complexity index is 921. The van der Waals surface area contributed by atoms with Crippen LogP contribution in [0.4, 0.5) is 0 Å². The number of methoxy groups -OCH3 is 1. The Morgan fingerprint density at radius 3 is 2.62 bits per heavy atom. The van der Waals surface area contributed by atoms with Gasteiger partial charge in [0.25, 0.3) is 0 Å². The Balaban J connectivity index is 0.00000210. The summed E-state index contributed by atoms with van der Waals surface area (Å²) in [6, 6.07) is 6.39. The summed E-state index contributed by atoms with van der Waals surface area (Å²) in [5, 5.41) is 4.19. The van der Waals surface area contributed by atoms with Gasteiger partial charge in [-0.15, -0.1) is 24.8 Å². The van der Waals surface area contributed by atoms with Crippen LogP contribution in [0.25, 0.3) is 10.8 Å². The maximum atomic E-state index is 12.8. The molecular weight excluding hydrogens is 439 g/mol. The molecule has 11 heteroatoms. The summed E-state index contributed by atoms with van der Waals surface area (Å²) in [7, 11) is -2.43. The summed E-state index contributed by atoms with van der Waals surface area (Å²) < 4.78 is 32.9. The smallest absolute Gasteiger partial charge is 0.357 e. The lowest BCUT2D eigenvalue weighted by Crippen LogP contribution is -2.44. The molecule has 2 heterocycles. The number of esters is 1. The van der Waals surface area contributed by atoms with Gasteiger partial charge in [-0.3, -0.25) is 0 Å². The van der Waals surface area contributed by atoms with Gasteiger partial charge in [0, 0.05) is 49.7 Å². The number of piperazine rings is 1. The second kappa shape index (κ2) is 11.6. The Morgan fingerprint density at radius 2 is 1.93 bits per heavy atom. The third-order valence-corrected chi connectivity index (χ3v) is 6.11. The van der Waals surface area contributed by atoms with Gasteiger partial charge in [-0.2, -0.15) is 0 Å². The Kier molecular flexibility index (Phi) is 10.2. The molecule has 1 aliphatic rings. The van der Waals surface area contributed by atoms with E-state index in [1.807, 2.05) is 0 Å². The molecule has 0 unspecified atom stereocenters. The van der Waals surface area contributed by atoms with Crippen LogP contribution in [0.2, 0.25) is 0 Å². The van der Waals surface area contributed by atoms with Crippen molar-refractivity contribution in [2.45, 2.75) is 11.3 Å². The number of nitrogens with one attached hydrogen (secondary N) is 2. The van der Waals surface area contributed by atoms with E-state index in [0.717, 1.165) is 39.1 Å². The number of carbonyl (C=O) groups is 1. The number of hydrogen-bond donors (Lipinski definition) is 2. The largest absolute Gasteiger partial charge is 0.464 e. The van der Waals surface area contributed by atoms with Gasteiger partial charge in [-0.1, -0.05) is 12.1 Å². The number of carbonyl (C=O) groups excluding carboxylic acids is 1. The topological polar surface area (TPSA) is 101 Å². The van der Waals surface area contributed by atoms with Crippen molar-refractivity contribution in [2.24, 2.45) is 0 Å². The monoisotopic (exact) mass is 464 g/mol. The zero-order valence-electron chi connectivity index (χ0n) is 16.1. The van der Waals surface area contributed by atoms with Crippen LogP contribution >= 0.6 is 24.8 Å². The molecule has 1 aromatic carbocycles. The first kappa shape index (κ1) is 25.5. The van der Waals surface area contributed by atoms with Crippen LogP contribution < -0.4 is 10.0 Å². The molecule has 1 saturated heterocycles. The minimum absolute atomic E-state index is 0. The number of hydrogen-bond acceptors (Lipinski definition) is 7. The van der Waals surface area contributed by atoms with Crippen molar-refractivity contribution in [3.8, 4) is 0 Å². The third-order valence-electron chi connectivity index (χ3n) is 4.59. The van der Waals surface area contributed by atoms with Crippen LogP contribution in [0, 0.1) is 0 Å². The normalized spacial score (nSPS) is 14.7. The standard InChI is InChI=1S/C18H24N4O4S.2ClH/c1-26-18(23)17-15-4-2-5-16(14(15)6-8-20-17)27(24,25)21-7-3-11-22-12-9-19-10-13-22;;/h2,4-6,8,19,21H,3,7,9-13H2,1H3;2*1H. The highest BCUT2D eigenvalue weighted by molar-refractivity contribution is 7.89. The lowest BCUT2D eigenvalue weighted by molar-refractivity contribution is 0.0596. The highest BCUT2D eigenvalue weighted by Crippen LogP contribution is 2.25. The van der Waals surface area contributed by atoms with E-state index in [2.05, 4.69) is 19.9 Å². The number of ether oxygens (including phenoxy) is 1. The number of fused-ring (bicyclic) bond motifs is 1. The van der Waals surface area contributed by atoms with Crippen LogP contribution in [0.1, 0.15) is 16.9 Å². The van der Waals surface area contributed by atoms with E-state index in [9.17, 15) is 13.2 Å². The quantitative estimate of drug-likeness (QED) is 0.472. The number of pyridine rings is 1. The first-order valence-electron chi connectivity index (χ1n) is 8.92. The van der Waals surface area contributed by atoms with Gasteiger partial charge in [0.2, 0.25) is 10.0 Å². The maximum absolute atomic E-state index is 12.8. The number of sulfonamides is 1. The Labute approximate surface area is 183 Å². The molecule has 2 aromatic rings. The van der Waals surface area contributed by atoms with Gasteiger partial charge in [-0.25, -0.2) is 22.9 Å². The second-order valence-corrected chi connectivity index (χ2v) is 8.08. The molecule has 0 atom stereocenters. The summed E-state index contributed by atoms with van der Waals surface area (Å²) >= 11 is 0. The first-order chi connectivity index (χ1) is 13.0. The summed E-state index contributed by atoms with van der Waals surface area (Å²) in [5.74, 6) is -0.598. The molecule has 8 nitrogen and oxygen atoms in total. The van der Waals surface area contributed by atoms with Crippen molar-refractivity contribution < 1.29 is 17.9 Å². The molecular formula is C18H26Cl2N4O4S. The summed E-state index contributed by atoms with van der Waals surface area (Å²) in [4.78, 5) is 18.4. The summed E-state index contributed by atoms with van der Waals surface area (Å²) in [6.45, 7) is 5.13. The highest BCUT2D eigenvalue weighted by Gasteiger charge is 2.20. The number of benzene rings is 1. The molecule has 1 aliphatic heterocycles. The van der Waals surface area contributed by atoms with Crippen LogP contribution in [0.3, 0.4) is 0 Å². The molecule has 162 valence electrons. The van der Waals surface area contributed by atoms with E-state index < -0.39 is 16.0 Å². The van der Waals surface area contributed by atoms with E-state index >= 15 is 0 Å². The summed E-state index contributed by atoms with van der Waals surface area (Å²) in [5.41, 5.74) is 0.103. The second-order valence-electron chi connectivity index (χ2n) is 6.35. The van der Waals surface area contributed by atoms with Crippen LogP contribution in [0.5, 0.6) is 0 Å². The average molecular weight is 465 g/mol. The van der Waals surface area contributed by atoms with Crippen LogP contribution in [-0.2, 0) is 14.8 Å². The van der Waals surface area contributed by atoms with Crippen molar-refractivity contribution >= 4 is 51.6 Å². The predicted octanol–water partition coefficient (Wildman–Crippen LogP) is 1.44. The fourth-order valence-corrected chi connectivity index (χ4v) is 4.49. The lowest BCUT2D eigenvalue weighted by Gasteiger charge is -2.27. The van der Waals surface area contributed by atoms with E-state index in [0.29, 0.717) is 17.3 Å². The molecule has 0 bridgehead atoms. The molecule has 0 spiro atoms. The molecule has 0 radical (unpaired) electrons. The van der Waals surface area contributed by atoms with Gasteiger partial charge in [0.05, 0.1) is 12.0 Å². The maximum Gasteiger partial charge on any atom is 0.357 e. The van der Waals surface area contributed by atoms with Crippen molar-refractivity contribution in [3.05, 3.63) is 36.2 Å². The third kappa shape index (κ3) is 6.24. The zero-order valence-corrected chi connectivity index (χ0v) is 18.5. The number of halogens is 2. The zero-order chi connectivity index (χ0) is 19.3. The molecule has 3 rings (SSSR count). The molecule has 29 heavy (non-hydrogen) atoms. The van der Waals surface area contributed by atoms with E-state index in [1.165, 1.54) is 19.4 Å².